The summed E-state index contributed by atoms with van der Waals surface area (Å²) in [6, 6.07) is 1.50. The highest BCUT2D eigenvalue weighted by molar-refractivity contribution is 7.89. The van der Waals surface area contributed by atoms with Crippen LogP contribution in [0.3, 0.4) is 0 Å². The van der Waals surface area contributed by atoms with Gasteiger partial charge in [0.1, 0.15) is 4.90 Å². The number of aromatic nitrogens is 1. The molecule has 1 aromatic rings. The predicted molar refractivity (Wildman–Crippen MR) is 71.0 cm³/mol. The van der Waals surface area contributed by atoms with E-state index in [1.54, 1.807) is 0 Å². The lowest BCUT2D eigenvalue weighted by Crippen LogP contribution is -2.37. The first kappa shape index (κ1) is 13.8. The Bertz CT molecular complexity index is 511. The van der Waals surface area contributed by atoms with Crippen LogP contribution in [0.1, 0.15) is 32.6 Å². The van der Waals surface area contributed by atoms with E-state index in [9.17, 15) is 8.42 Å². The van der Waals surface area contributed by atoms with E-state index in [1.807, 2.05) is 0 Å². The lowest BCUT2D eigenvalue weighted by Gasteiger charge is -2.26. The summed E-state index contributed by atoms with van der Waals surface area (Å²) in [6.45, 7) is 2.20. The molecule has 0 atom stereocenters. The Morgan fingerprint density at radius 1 is 1.33 bits per heavy atom. The number of pyridine rings is 1. The van der Waals surface area contributed by atoms with Gasteiger partial charge >= 0.3 is 0 Å². The van der Waals surface area contributed by atoms with Gasteiger partial charge in [0.25, 0.3) is 0 Å². The molecule has 1 heterocycles. The molecule has 0 radical (unpaired) electrons. The van der Waals surface area contributed by atoms with Crippen molar-refractivity contribution in [3.63, 3.8) is 0 Å². The average molecular weight is 289 g/mol. The highest BCUT2D eigenvalue weighted by Gasteiger charge is 2.25. The fourth-order valence-corrected chi connectivity index (χ4v) is 3.96. The Balaban J connectivity index is 2.11. The first-order valence-corrected chi connectivity index (χ1v) is 7.97. The molecule has 0 spiro atoms. The molecule has 1 aliphatic carbocycles. The van der Waals surface area contributed by atoms with Crippen LogP contribution in [-0.2, 0) is 10.0 Å². The van der Waals surface area contributed by atoms with Crippen LogP contribution in [-0.4, -0.2) is 19.4 Å². The standard InChI is InChI=1S/C12H17ClN2O2S/c1-9-2-4-10(5-3-9)15-18(16,17)12-8-14-7-6-11(12)13/h6-10,15H,2-5H2,1H3. The van der Waals surface area contributed by atoms with Crippen molar-refractivity contribution in [2.75, 3.05) is 0 Å². The summed E-state index contributed by atoms with van der Waals surface area (Å²) in [4.78, 5) is 3.87. The maximum atomic E-state index is 12.2. The number of rotatable bonds is 3. The topological polar surface area (TPSA) is 59.1 Å². The zero-order chi connectivity index (χ0) is 13.2. The van der Waals surface area contributed by atoms with Crippen molar-refractivity contribution in [3.05, 3.63) is 23.5 Å². The molecule has 0 aromatic carbocycles. The predicted octanol–water partition coefficient (Wildman–Crippen LogP) is 2.59. The van der Waals surface area contributed by atoms with Gasteiger partial charge in [0.05, 0.1) is 5.02 Å². The zero-order valence-electron chi connectivity index (χ0n) is 10.3. The van der Waals surface area contributed by atoms with Crippen LogP contribution in [0.25, 0.3) is 0 Å². The van der Waals surface area contributed by atoms with Crippen LogP contribution >= 0.6 is 11.6 Å². The number of halogens is 1. The summed E-state index contributed by atoms with van der Waals surface area (Å²) in [5.74, 6) is 0.688. The van der Waals surface area contributed by atoms with Crippen molar-refractivity contribution >= 4 is 21.6 Å². The van der Waals surface area contributed by atoms with Gasteiger partial charge in [0, 0.05) is 18.4 Å². The van der Waals surface area contributed by atoms with E-state index in [0.717, 1.165) is 25.7 Å². The molecule has 1 N–H and O–H groups in total. The van der Waals surface area contributed by atoms with E-state index in [0.29, 0.717) is 5.92 Å². The minimum Gasteiger partial charge on any atom is -0.263 e. The summed E-state index contributed by atoms with van der Waals surface area (Å²) < 4.78 is 27.1. The molecule has 18 heavy (non-hydrogen) atoms. The number of hydrogen-bond acceptors (Lipinski definition) is 3. The van der Waals surface area contributed by atoms with Crippen molar-refractivity contribution < 1.29 is 8.42 Å². The Morgan fingerprint density at radius 3 is 2.61 bits per heavy atom. The zero-order valence-corrected chi connectivity index (χ0v) is 11.8. The second kappa shape index (κ2) is 5.55. The molecular weight excluding hydrogens is 272 g/mol. The lowest BCUT2D eigenvalue weighted by atomic mass is 9.88. The highest BCUT2D eigenvalue weighted by atomic mass is 35.5. The van der Waals surface area contributed by atoms with Gasteiger partial charge < -0.3 is 0 Å². The summed E-state index contributed by atoms with van der Waals surface area (Å²) in [5.41, 5.74) is 0. The lowest BCUT2D eigenvalue weighted by molar-refractivity contribution is 0.332. The van der Waals surface area contributed by atoms with E-state index in [2.05, 4.69) is 16.6 Å². The highest BCUT2D eigenvalue weighted by Crippen LogP contribution is 2.26. The van der Waals surface area contributed by atoms with Gasteiger partial charge in [-0.25, -0.2) is 13.1 Å². The maximum Gasteiger partial charge on any atom is 0.243 e. The minimum atomic E-state index is -3.55. The van der Waals surface area contributed by atoms with Crippen molar-refractivity contribution in [2.45, 2.75) is 43.5 Å². The van der Waals surface area contributed by atoms with E-state index in [-0.39, 0.29) is 16.0 Å². The van der Waals surface area contributed by atoms with Gasteiger partial charge in [0.2, 0.25) is 10.0 Å². The van der Waals surface area contributed by atoms with E-state index in [4.69, 9.17) is 11.6 Å². The number of hydrogen-bond donors (Lipinski definition) is 1. The Kier molecular flexibility index (Phi) is 4.25. The van der Waals surface area contributed by atoms with Crippen molar-refractivity contribution in [3.8, 4) is 0 Å². The molecule has 1 fully saturated rings. The van der Waals surface area contributed by atoms with Crippen LogP contribution in [0.5, 0.6) is 0 Å². The molecule has 1 aromatic heterocycles. The van der Waals surface area contributed by atoms with Crippen molar-refractivity contribution in [2.24, 2.45) is 5.92 Å². The molecule has 4 nitrogen and oxygen atoms in total. The van der Waals surface area contributed by atoms with E-state index >= 15 is 0 Å². The van der Waals surface area contributed by atoms with Crippen LogP contribution in [0.15, 0.2) is 23.4 Å². The first-order valence-electron chi connectivity index (χ1n) is 6.11. The van der Waals surface area contributed by atoms with Gasteiger partial charge in [-0.05, 0) is 37.7 Å². The fourth-order valence-electron chi connectivity index (χ4n) is 2.22. The normalized spacial score (nSPS) is 25.0. The summed E-state index contributed by atoms with van der Waals surface area (Å²) in [5, 5.41) is 0.210. The quantitative estimate of drug-likeness (QED) is 0.930. The Hall–Kier alpha value is -0.650. The molecule has 100 valence electrons. The molecule has 0 saturated heterocycles. The van der Waals surface area contributed by atoms with Crippen molar-refractivity contribution in [1.29, 1.82) is 0 Å². The molecule has 0 bridgehead atoms. The number of nitrogens with zero attached hydrogens (tertiary/aromatic N) is 1. The molecule has 0 amide bonds. The smallest absolute Gasteiger partial charge is 0.243 e. The second-order valence-corrected chi connectivity index (χ2v) is 6.97. The average Bonchev–Trinajstić information content (AvgIpc) is 2.32. The molecule has 1 saturated carbocycles. The number of sulfonamides is 1. The van der Waals surface area contributed by atoms with E-state index in [1.165, 1.54) is 18.5 Å². The fraction of sp³-hybridized carbons (Fsp3) is 0.583. The SMILES string of the molecule is CC1CCC(NS(=O)(=O)c2cnccc2Cl)CC1. The second-order valence-electron chi connectivity index (χ2n) is 4.88. The van der Waals surface area contributed by atoms with Crippen molar-refractivity contribution in [1.82, 2.24) is 9.71 Å². The van der Waals surface area contributed by atoms with Crippen LogP contribution in [0, 0.1) is 5.92 Å². The Morgan fingerprint density at radius 2 is 2.00 bits per heavy atom. The Labute approximate surface area is 113 Å². The third kappa shape index (κ3) is 3.22. The third-order valence-corrected chi connectivity index (χ3v) is 5.35. The van der Waals surface area contributed by atoms with Gasteiger partial charge in [-0.1, -0.05) is 18.5 Å². The van der Waals surface area contributed by atoms with Gasteiger partial charge in [-0.15, -0.1) is 0 Å². The largest absolute Gasteiger partial charge is 0.263 e. The van der Waals surface area contributed by atoms with Crippen LogP contribution in [0.4, 0.5) is 0 Å². The molecular formula is C12H17ClN2O2S. The number of nitrogens with one attached hydrogen (secondary N) is 1. The van der Waals surface area contributed by atoms with Crippen LogP contribution < -0.4 is 4.72 Å². The third-order valence-electron chi connectivity index (χ3n) is 3.36. The molecule has 0 unspecified atom stereocenters. The molecule has 2 rings (SSSR count). The summed E-state index contributed by atoms with van der Waals surface area (Å²) in [7, 11) is -3.55. The van der Waals surface area contributed by atoms with Gasteiger partial charge in [-0.3, -0.25) is 4.98 Å². The molecule has 1 aliphatic rings. The summed E-state index contributed by atoms with van der Waals surface area (Å²) in [6.07, 6.45) is 6.66. The summed E-state index contributed by atoms with van der Waals surface area (Å²) >= 11 is 5.89. The minimum absolute atomic E-state index is 0.0162. The first-order chi connectivity index (χ1) is 8.49. The van der Waals surface area contributed by atoms with Gasteiger partial charge in [-0.2, -0.15) is 0 Å². The monoisotopic (exact) mass is 288 g/mol. The van der Waals surface area contributed by atoms with Crippen LogP contribution in [0.2, 0.25) is 5.02 Å². The van der Waals surface area contributed by atoms with Gasteiger partial charge in [0.15, 0.2) is 0 Å². The maximum absolute atomic E-state index is 12.2. The molecule has 6 heteroatoms. The van der Waals surface area contributed by atoms with E-state index < -0.39 is 10.0 Å². The molecule has 0 aliphatic heterocycles.